The first-order valence-corrected chi connectivity index (χ1v) is 5.69. The van der Waals surface area contributed by atoms with Gasteiger partial charge in [-0.1, -0.05) is 6.07 Å². The van der Waals surface area contributed by atoms with Crippen LogP contribution in [0.4, 0.5) is 11.4 Å². The number of anilines is 2. The summed E-state index contributed by atoms with van der Waals surface area (Å²) in [4.78, 5) is 4.01. The van der Waals surface area contributed by atoms with Crippen molar-refractivity contribution < 1.29 is 0 Å². The van der Waals surface area contributed by atoms with Gasteiger partial charge in [0, 0.05) is 29.8 Å². The lowest BCUT2D eigenvalue weighted by atomic mass is 10.1. The van der Waals surface area contributed by atoms with Gasteiger partial charge in [0.15, 0.2) is 0 Å². The average Bonchev–Trinajstić information content (AvgIpc) is 2.35. The summed E-state index contributed by atoms with van der Waals surface area (Å²) in [6.07, 6.45) is 3.61. The summed E-state index contributed by atoms with van der Waals surface area (Å²) in [6, 6.07) is 10.3. The highest BCUT2D eigenvalue weighted by atomic mass is 14.9. The zero-order valence-corrected chi connectivity index (χ0v) is 10.1. The third-order valence-corrected chi connectivity index (χ3v) is 2.87. The fraction of sp³-hybridized carbons (Fsp3) is 0.214. The van der Waals surface area contributed by atoms with Crippen LogP contribution < -0.4 is 11.1 Å². The standard InChI is InChI=1S/C14H17N3/c1-10-3-4-13(9-14(10)15)17-11(2)12-5-7-16-8-6-12/h3-9,11,17H,15H2,1-2H3. The summed E-state index contributed by atoms with van der Waals surface area (Å²) in [5.41, 5.74) is 10.1. The summed E-state index contributed by atoms with van der Waals surface area (Å²) in [5, 5.41) is 3.42. The van der Waals surface area contributed by atoms with Gasteiger partial charge in [0.2, 0.25) is 0 Å². The zero-order chi connectivity index (χ0) is 12.3. The van der Waals surface area contributed by atoms with Gasteiger partial charge in [0.05, 0.1) is 0 Å². The van der Waals surface area contributed by atoms with Crippen LogP contribution in [0, 0.1) is 6.92 Å². The Morgan fingerprint density at radius 1 is 1.18 bits per heavy atom. The number of hydrogen-bond donors (Lipinski definition) is 2. The number of hydrogen-bond acceptors (Lipinski definition) is 3. The van der Waals surface area contributed by atoms with E-state index in [-0.39, 0.29) is 6.04 Å². The second-order valence-electron chi connectivity index (χ2n) is 4.22. The van der Waals surface area contributed by atoms with Crippen LogP contribution in [0.15, 0.2) is 42.7 Å². The maximum Gasteiger partial charge on any atom is 0.0486 e. The lowest BCUT2D eigenvalue weighted by Gasteiger charge is -2.16. The molecule has 0 aliphatic rings. The molecule has 0 amide bonds. The molecule has 1 unspecified atom stereocenters. The van der Waals surface area contributed by atoms with Gasteiger partial charge in [-0.15, -0.1) is 0 Å². The maximum atomic E-state index is 5.89. The van der Waals surface area contributed by atoms with E-state index in [1.54, 1.807) is 12.4 Å². The van der Waals surface area contributed by atoms with E-state index in [0.29, 0.717) is 0 Å². The Hall–Kier alpha value is -2.03. The summed E-state index contributed by atoms with van der Waals surface area (Å²) in [5.74, 6) is 0. The van der Waals surface area contributed by atoms with Crippen LogP contribution in [0.2, 0.25) is 0 Å². The fourth-order valence-corrected chi connectivity index (χ4v) is 1.72. The van der Waals surface area contributed by atoms with Crippen LogP contribution in [0.25, 0.3) is 0 Å². The molecule has 88 valence electrons. The number of nitrogens with two attached hydrogens (primary N) is 1. The molecule has 3 heteroatoms. The number of nitrogens with one attached hydrogen (secondary N) is 1. The molecule has 2 rings (SSSR count). The molecule has 0 aliphatic heterocycles. The minimum Gasteiger partial charge on any atom is -0.398 e. The normalized spacial score (nSPS) is 12.1. The maximum absolute atomic E-state index is 5.89. The molecule has 1 heterocycles. The van der Waals surface area contributed by atoms with Crippen molar-refractivity contribution in [3.05, 3.63) is 53.9 Å². The second-order valence-corrected chi connectivity index (χ2v) is 4.22. The van der Waals surface area contributed by atoms with Crippen molar-refractivity contribution in [1.29, 1.82) is 0 Å². The lowest BCUT2D eigenvalue weighted by molar-refractivity contribution is 0.881. The number of aromatic nitrogens is 1. The molecule has 0 saturated heterocycles. The molecule has 0 spiro atoms. The number of aryl methyl sites for hydroxylation is 1. The average molecular weight is 227 g/mol. The highest BCUT2D eigenvalue weighted by Gasteiger charge is 2.05. The third-order valence-electron chi connectivity index (χ3n) is 2.87. The molecule has 1 aromatic carbocycles. The number of pyridine rings is 1. The van der Waals surface area contributed by atoms with E-state index in [1.807, 2.05) is 37.3 Å². The third kappa shape index (κ3) is 2.75. The summed E-state index contributed by atoms with van der Waals surface area (Å²) < 4.78 is 0. The Balaban J connectivity index is 2.13. The van der Waals surface area contributed by atoms with Crippen molar-refractivity contribution in [2.75, 3.05) is 11.1 Å². The highest BCUT2D eigenvalue weighted by Crippen LogP contribution is 2.22. The molecule has 0 bridgehead atoms. The number of benzene rings is 1. The van der Waals surface area contributed by atoms with Crippen LogP contribution in [0.1, 0.15) is 24.1 Å². The summed E-state index contributed by atoms with van der Waals surface area (Å²) in [7, 11) is 0. The van der Waals surface area contributed by atoms with Gasteiger partial charge in [-0.05, 0) is 49.2 Å². The van der Waals surface area contributed by atoms with E-state index in [1.165, 1.54) is 5.56 Å². The van der Waals surface area contributed by atoms with Gasteiger partial charge < -0.3 is 11.1 Å². The van der Waals surface area contributed by atoms with E-state index in [9.17, 15) is 0 Å². The minimum atomic E-state index is 0.236. The first-order valence-electron chi connectivity index (χ1n) is 5.69. The Bertz CT molecular complexity index is 494. The van der Waals surface area contributed by atoms with Gasteiger partial charge >= 0.3 is 0 Å². The van der Waals surface area contributed by atoms with Crippen molar-refractivity contribution in [2.45, 2.75) is 19.9 Å². The van der Waals surface area contributed by atoms with Crippen LogP contribution in [-0.2, 0) is 0 Å². The van der Waals surface area contributed by atoms with E-state index in [0.717, 1.165) is 16.9 Å². The largest absolute Gasteiger partial charge is 0.398 e. The Morgan fingerprint density at radius 2 is 1.88 bits per heavy atom. The fourth-order valence-electron chi connectivity index (χ4n) is 1.72. The zero-order valence-electron chi connectivity index (χ0n) is 10.1. The van der Waals surface area contributed by atoms with Crippen molar-refractivity contribution in [3.63, 3.8) is 0 Å². The van der Waals surface area contributed by atoms with Crippen molar-refractivity contribution in [1.82, 2.24) is 4.98 Å². The predicted molar refractivity (Wildman–Crippen MR) is 71.9 cm³/mol. The van der Waals surface area contributed by atoms with E-state index >= 15 is 0 Å². The lowest BCUT2D eigenvalue weighted by Crippen LogP contribution is -2.07. The van der Waals surface area contributed by atoms with Crippen LogP contribution in [-0.4, -0.2) is 4.98 Å². The number of nitrogen functional groups attached to an aromatic ring is 1. The van der Waals surface area contributed by atoms with Crippen LogP contribution in [0.3, 0.4) is 0 Å². The second kappa shape index (κ2) is 4.87. The molecule has 0 aliphatic carbocycles. The van der Waals surface area contributed by atoms with Gasteiger partial charge in [-0.25, -0.2) is 0 Å². The number of nitrogens with zero attached hydrogens (tertiary/aromatic N) is 1. The molecular weight excluding hydrogens is 210 g/mol. The topological polar surface area (TPSA) is 50.9 Å². The molecule has 1 atom stereocenters. The molecule has 0 radical (unpaired) electrons. The quantitative estimate of drug-likeness (QED) is 0.792. The Kier molecular flexibility index (Phi) is 3.28. The number of rotatable bonds is 3. The Morgan fingerprint density at radius 3 is 2.53 bits per heavy atom. The van der Waals surface area contributed by atoms with Crippen LogP contribution in [0.5, 0.6) is 0 Å². The molecule has 0 fully saturated rings. The van der Waals surface area contributed by atoms with Gasteiger partial charge in [-0.2, -0.15) is 0 Å². The molecule has 3 N–H and O–H groups in total. The van der Waals surface area contributed by atoms with E-state index in [4.69, 9.17) is 5.73 Å². The molecule has 17 heavy (non-hydrogen) atoms. The van der Waals surface area contributed by atoms with E-state index in [2.05, 4.69) is 17.2 Å². The van der Waals surface area contributed by atoms with Gasteiger partial charge in [0.1, 0.15) is 0 Å². The molecule has 2 aromatic rings. The molecule has 0 saturated carbocycles. The van der Waals surface area contributed by atoms with Gasteiger partial charge in [0.25, 0.3) is 0 Å². The van der Waals surface area contributed by atoms with Crippen molar-refractivity contribution in [3.8, 4) is 0 Å². The summed E-state index contributed by atoms with van der Waals surface area (Å²) >= 11 is 0. The van der Waals surface area contributed by atoms with Gasteiger partial charge in [-0.3, -0.25) is 4.98 Å². The molecule has 1 aromatic heterocycles. The first kappa shape index (κ1) is 11.5. The SMILES string of the molecule is Cc1ccc(NC(C)c2ccncc2)cc1N. The summed E-state index contributed by atoms with van der Waals surface area (Å²) in [6.45, 7) is 4.12. The Labute approximate surface area is 102 Å². The van der Waals surface area contributed by atoms with Crippen LogP contribution >= 0.6 is 0 Å². The van der Waals surface area contributed by atoms with Crippen molar-refractivity contribution in [2.24, 2.45) is 0 Å². The molecule has 3 nitrogen and oxygen atoms in total. The smallest absolute Gasteiger partial charge is 0.0486 e. The first-order chi connectivity index (χ1) is 8.16. The predicted octanol–water partition coefficient (Wildman–Crippen LogP) is 3.15. The minimum absolute atomic E-state index is 0.236. The van der Waals surface area contributed by atoms with E-state index < -0.39 is 0 Å². The highest BCUT2D eigenvalue weighted by molar-refractivity contribution is 5.59. The molecular formula is C14H17N3. The monoisotopic (exact) mass is 227 g/mol. The van der Waals surface area contributed by atoms with Crippen molar-refractivity contribution >= 4 is 11.4 Å².